The predicted molar refractivity (Wildman–Crippen MR) is 55.7 cm³/mol. The molecule has 0 amide bonds. The molecule has 1 aliphatic heterocycles. The molecule has 0 aromatic carbocycles. The lowest BCUT2D eigenvalue weighted by atomic mass is 9.91. The fraction of sp³-hybridized carbons (Fsp3) is 1.00. The Labute approximate surface area is 81.9 Å². The second kappa shape index (κ2) is 3.97. The van der Waals surface area contributed by atoms with Crippen LogP contribution in [0.1, 0.15) is 40.5 Å². The first-order valence-corrected chi connectivity index (χ1v) is 5.39. The van der Waals surface area contributed by atoms with E-state index in [9.17, 15) is 5.11 Å². The van der Waals surface area contributed by atoms with E-state index in [2.05, 4.69) is 25.7 Å². The van der Waals surface area contributed by atoms with E-state index in [1.54, 1.807) is 0 Å². The van der Waals surface area contributed by atoms with Gasteiger partial charge in [0.15, 0.2) is 0 Å². The number of rotatable bonds is 2. The Morgan fingerprint density at radius 2 is 1.62 bits per heavy atom. The van der Waals surface area contributed by atoms with Crippen molar-refractivity contribution < 1.29 is 5.11 Å². The zero-order valence-electron chi connectivity index (χ0n) is 9.38. The SMILES string of the molecule is CC(C)C(C)N1CCC(C)(O)CC1. The van der Waals surface area contributed by atoms with Crippen LogP contribution in [0.15, 0.2) is 0 Å². The lowest BCUT2D eigenvalue weighted by Crippen LogP contribution is -2.47. The van der Waals surface area contributed by atoms with Crippen molar-refractivity contribution in [1.82, 2.24) is 4.90 Å². The van der Waals surface area contributed by atoms with Crippen LogP contribution in [0.4, 0.5) is 0 Å². The molecule has 1 saturated heterocycles. The Bertz CT molecular complexity index is 155. The quantitative estimate of drug-likeness (QED) is 0.710. The van der Waals surface area contributed by atoms with Crippen LogP contribution >= 0.6 is 0 Å². The van der Waals surface area contributed by atoms with Crippen molar-refractivity contribution in [2.75, 3.05) is 13.1 Å². The average Bonchev–Trinajstić information content (AvgIpc) is 2.03. The van der Waals surface area contributed by atoms with Crippen molar-refractivity contribution in [2.24, 2.45) is 5.92 Å². The van der Waals surface area contributed by atoms with Crippen LogP contribution in [-0.2, 0) is 0 Å². The second-order valence-corrected chi connectivity index (χ2v) is 5.02. The van der Waals surface area contributed by atoms with Gasteiger partial charge in [0.1, 0.15) is 0 Å². The molecule has 2 heteroatoms. The maximum absolute atomic E-state index is 9.79. The van der Waals surface area contributed by atoms with Crippen molar-refractivity contribution >= 4 is 0 Å². The number of hydrogen-bond donors (Lipinski definition) is 1. The van der Waals surface area contributed by atoms with Crippen LogP contribution in [0.3, 0.4) is 0 Å². The summed E-state index contributed by atoms with van der Waals surface area (Å²) in [4.78, 5) is 2.49. The number of likely N-dealkylation sites (tertiary alicyclic amines) is 1. The minimum Gasteiger partial charge on any atom is -0.390 e. The summed E-state index contributed by atoms with van der Waals surface area (Å²) in [5.74, 6) is 0.711. The molecule has 78 valence electrons. The van der Waals surface area contributed by atoms with E-state index in [1.165, 1.54) is 0 Å². The molecule has 1 rings (SSSR count). The first-order chi connectivity index (χ1) is 5.92. The van der Waals surface area contributed by atoms with E-state index in [0.717, 1.165) is 25.9 Å². The number of hydrogen-bond acceptors (Lipinski definition) is 2. The fourth-order valence-corrected chi connectivity index (χ4v) is 1.83. The van der Waals surface area contributed by atoms with Crippen molar-refractivity contribution in [3.05, 3.63) is 0 Å². The van der Waals surface area contributed by atoms with Gasteiger partial charge in [0, 0.05) is 19.1 Å². The summed E-state index contributed by atoms with van der Waals surface area (Å²) in [6.07, 6.45) is 1.84. The zero-order valence-corrected chi connectivity index (χ0v) is 9.38. The molecule has 0 aliphatic carbocycles. The lowest BCUT2D eigenvalue weighted by Gasteiger charge is -2.40. The normalized spacial score (nSPS) is 26.3. The molecule has 0 spiro atoms. The summed E-state index contributed by atoms with van der Waals surface area (Å²) >= 11 is 0. The molecule has 1 fully saturated rings. The largest absolute Gasteiger partial charge is 0.390 e. The van der Waals surface area contributed by atoms with Gasteiger partial charge in [-0.25, -0.2) is 0 Å². The monoisotopic (exact) mass is 185 g/mol. The molecule has 0 aromatic heterocycles. The first-order valence-electron chi connectivity index (χ1n) is 5.39. The second-order valence-electron chi connectivity index (χ2n) is 5.02. The third-order valence-electron chi connectivity index (χ3n) is 3.42. The molecule has 0 bridgehead atoms. The molecule has 1 N–H and O–H groups in total. The van der Waals surface area contributed by atoms with Gasteiger partial charge in [0.05, 0.1) is 5.60 Å². The molecule has 1 atom stereocenters. The highest BCUT2D eigenvalue weighted by atomic mass is 16.3. The third kappa shape index (κ3) is 2.96. The van der Waals surface area contributed by atoms with Gasteiger partial charge in [-0.3, -0.25) is 0 Å². The Hall–Kier alpha value is -0.0800. The summed E-state index contributed by atoms with van der Waals surface area (Å²) in [6, 6.07) is 0.649. The summed E-state index contributed by atoms with van der Waals surface area (Å²) in [7, 11) is 0. The fourth-order valence-electron chi connectivity index (χ4n) is 1.83. The van der Waals surface area contributed by atoms with Crippen LogP contribution in [0.25, 0.3) is 0 Å². The van der Waals surface area contributed by atoms with Gasteiger partial charge in [-0.1, -0.05) is 13.8 Å². The molecule has 1 aliphatic rings. The number of aliphatic hydroxyl groups is 1. The molecular formula is C11H23NO. The smallest absolute Gasteiger partial charge is 0.0644 e. The van der Waals surface area contributed by atoms with E-state index in [1.807, 2.05) is 6.92 Å². The molecular weight excluding hydrogens is 162 g/mol. The van der Waals surface area contributed by atoms with Gasteiger partial charge in [0.25, 0.3) is 0 Å². The van der Waals surface area contributed by atoms with Crippen LogP contribution in [-0.4, -0.2) is 34.7 Å². The van der Waals surface area contributed by atoms with Gasteiger partial charge in [-0.05, 0) is 32.6 Å². The van der Waals surface area contributed by atoms with E-state index in [4.69, 9.17) is 0 Å². The molecule has 1 heterocycles. The first kappa shape index (κ1) is 11.0. The summed E-state index contributed by atoms with van der Waals surface area (Å²) in [5.41, 5.74) is -0.410. The van der Waals surface area contributed by atoms with Gasteiger partial charge < -0.3 is 10.0 Å². The summed E-state index contributed by atoms with van der Waals surface area (Å²) in [5, 5.41) is 9.79. The third-order valence-corrected chi connectivity index (χ3v) is 3.42. The van der Waals surface area contributed by atoms with Crippen LogP contribution in [0.5, 0.6) is 0 Å². The molecule has 13 heavy (non-hydrogen) atoms. The minimum atomic E-state index is -0.410. The van der Waals surface area contributed by atoms with Crippen LogP contribution in [0.2, 0.25) is 0 Å². The van der Waals surface area contributed by atoms with Crippen LogP contribution in [0, 0.1) is 5.92 Å². The van der Waals surface area contributed by atoms with Gasteiger partial charge in [-0.2, -0.15) is 0 Å². The van der Waals surface area contributed by atoms with Gasteiger partial charge >= 0.3 is 0 Å². The highest BCUT2D eigenvalue weighted by Crippen LogP contribution is 2.24. The Kier molecular flexibility index (Phi) is 3.36. The highest BCUT2D eigenvalue weighted by Gasteiger charge is 2.29. The Balaban J connectivity index is 2.41. The molecule has 2 nitrogen and oxygen atoms in total. The van der Waals surface area contributed by atoms with E-state index >= 15 is 0 Å². The van der Waals surface area contributed by atoms with Gasteiger partial charge in [-0.15, -0.1) is 0 Å². The standard InChI is InChI=1S/C11H23NO/c1-9(2)10(3)12-7-5-11(4,13)6-8-12/h9-10,13H,5-8H2,1-4H3. The summed E-state index contributed by atoms with van der Waals surface area (Å²) in [6.45, 7) is 10.8. The maximum Gasteiger partial charge on any atom is 0.0644 e. The molecule has 1 unspecified atom stereocenters. The van der Waals surface area contributed by atoms with Crippen molar-refractivity contribution in [1.29, 1.82) is 0 Å². The Morgan fingerprint density at radius 1 is 1.15 bits per heavy atom. The Morgan fingerprint density at radius 3 is 2.00 bits per heavy atom. The lowest BCUT2D eigenvalue weighted by molar-refractivity contribution is -0.0196. The highest BCUT2D eigenvalue weighted by molar-refractivity contribution is 4.84. The van der Waals surface area contributed by atoms with Gasteiger partial charge in [0.2, 0.25) is 0 Å². The van der Waals surface area contributed by atoms with Crippen LogP contribution < -0.4 is 0 Å². The number of nitrogens with zero attached hydrogens (tertiary/aromatic N) is 1. The molecule has 0 aromatic rings. The van der Waals surface area contributed by atoms with E-state index in [0.29, 0.717) is 12.0 Å². The zero-order chi connectivity index (χ0) is 10.1. The van der Waals surface area contributed by atoms with E-state index in [-0.39, 0.29) is 0 Å². The van der Waals surface area contributed by atoms with Crippen molar-refractivity contribution in [3.8, 4) is 0 Å². The summed E-state index contributed by atoms with van der Waals surface area (Å²) < 4.78 is 0. The molecule has 0 saturated carbocycles. The minimum absolute atomic E-state index is 0.410. The average molecular weight is 185 g/mol. The number of piperidine rings is 1. The predicted octanol–water partition coefficient (Wildman–Crippen LogP) is 1.88. The molecule has 0 radical (unpaired) electrons. The maximum atomic E-state index is 9.79. The van der Waals surface area contributed by atoms with Crippen molar-refractivity contribution in [2.45, 2.75) is 52.2 Å². The van der Waals surface area contributed by atoms with Crippen molar-refractivity contribution in [3.63, 3.8) is 0 Å². The topological polar surface area (TPSA) is 23.5 Å². The van der Waals surface area contributed by atoms with E-state index < -0.39 is 5.60 Å².